The molecule has 0 radical (unpaired) electrons. The summed E-state index contributed by atoms with van der Waals surface area (Å²) in [6, 6.07) is 43.6. The molecule has 1 aromatic heterocycles. The monoisotopic (exact) mass is 603 g/mol. The van der Waals surface area contributed by atoms with Crippen LogP contribution in [0.2, 0.25) is 0 Å². The van der Waals surface area contributed by atoms with E-state index in [0.717, 1.165) is 40.3 Å². The first-order chi connectivity index (χ1) is 23.1. The van der Waals surface area contributed by atoms with Crippen molar-refractivity contribution in [1.29, 1.82) is 0 Å². The Bertz CT molecular complexity index is 2380. The molecule has 0 saturated carbocycles. The number of nitrogens with zero attached hydrogens (tertiary/aromatic N) is 3. The fourth-order valence-electron chi connectivity index (χ4n) is 7.65. The van der Waals surface area contributed by atoms with Crippen LogP contribution in [0, 0.1) is 0 Å². The summed E-state index contributed by atoms with van der Waals surface area (Å²) in [5, 5.41) is 4.64. The van der Waals surface area contributed by atoms with Gasteiger partial charge in [-0.1, -0.05) is 147 Å². The van der Waals surface area contributed by atoms with Gasteiger partial charge in [-0.3, -0.25) is 0 Å². The molecule has 0 saturated heterocycles. The topological polar surface area (TPSA) is 38.7 Å². The number of fused-ring (bicyclic) bond motifs is 5. The number of aromatic nitrogens is 3. The fraction of sp³-hybridized carbons (Fsp3) is 0.114. The highest BCUT2D eigenvalue weighted by Gasteiger charge is 2.35. The molecule has 9 rings (SSSR count). The molecule has 0 spiro atoms. The van der Waals surface area contributed by atoms with E-state index in [0.29, 0.717) is 17.5 Å². The molecule has 2 aliphatic carbocycles. The zero-order chi connectivity index (χ0) is 31.5. The smallest absolute Gasteiger partial charge is 0.165 e. The molecule has 0 aliphatic heterocycles. The van der Waals surface area contributed by atoms with Crippen molar-refractivity contribution in [2.45, 2.75) is 32.1 Å². The third-order valence-corrected chi connectivity index (χ3v) is 9.95. The van der Waals surface area contributed by atoms with Crippen LogP contribution in [0.4, 0.5) is 0 Å². The molecule has 0 amide bonds. The normalized spacial score (nSPS) is 14.6. The highest BCUT2D eigenvalue weighted by Crippen LogP contribution is 2.51. The maximum Gasteiger partial charge on any atom is 0.165 e. The molecule has 1 heterocycles. The van der Waals surface area contributed by atoms with E-state index in [4.69, 9.17) is 15.0 Å². The third kappa shape index (κ3) is 4.38. The van der Waals surface area contributed by atoms with Crippen LogP contribution < -0.4 is 0 Å². The predicted molar refractivity (Wildman–Crippen MR) is 195 cm³/mol. The first-order valence-electron chi connectivity index (χ1n) is 16.4. The van der Waals surface area contributed by atoms with Crippen molar-refractivity contribution in [2.75, 3.05) is 0 Å². The van der Waals surface area contributed by atoms with Crippen LogP contribution in [0.25, 0.3) is 72.1 Å². The first kappa shape index (κ1) is 27.6. The van der Waals surface area contributed by atoms with E-state index in [1.807, 2.05) is 18.2 Å². The predicted octanol–water partition coefficient (Wildman–Crippen LogP) is 11.2. The van der Waals surface area contributed by atoms with Crippen LogP contribution in [0.1, 0.15) is 43.6 Å². The van der Waals surface area contributed by atoms with E-state index in [1.165, 1.54) is 44.2 Å². The largest absolute Gasteiger partial charge is 0.208 e. The molecule has 0 N–H and O–H groups in total. The molecule has 3 heteroatoms. The van der Waals surface area contributed by atoms with Gasteiger partial charge >= 0.3 is 0 Å². The molecule has 2 aliphatic rings. The van der Waals surface area contributed by atoms with E-state index in [1.54, 1.807) is 0 Å². The molecule has 7 aromatic rings. The Kier molecular flexibility index (Phi) is 6.29. The van der Waals surface area contributed by atoms with Crippen LogP contribution in [0.3, 0.4) is 0 Å². The highest BCUT2D eigenvalue weighted by molar-refractivity contribution is 6.21. The van der Waals surface area contributed by atoms with Crippen LogP contribution in [-0.2, 0) is 5.41 Å². The fourth-order valence-corrected chi connectivity index (χ4v) is 7.65. The lowest BCUT2D eigenvalue weighted by Crippen LogP contribution is -2.14. The van der Waals surface area contributed by atoms with Gasteiger partial charge < -0.3 is 0 Å². The molecule has 0 bridgehead atoms. The number of hydrogen-bond acceptors (Lipinski definition) is 3. The molecule has 3 nitrogen and oxygen atoms in total. The molecular weight excluding hydrogens is 571 g/mol. The van der Waals surface area contributed by atoms with Gasteiger partial charge in [0.05, 0.1) is 0 Å². The van der Waals surface area contributed by atoms with Crippen molar-refractivity contribution >= 4 is 27.1 Å². The van der Waals surface area contributed by atoms with Crippen LogP contribution in [0.5, 0.6) is 0 Å². The molecule has 0 atom stereocenters. The zero-order valence-electron chi connectivity index (χ0n) is 26.5. The van der Waals surface area contributed by atoms with Gasteiger partial charge in [0.15, 0.2) is 17.5 Å². The number of allylic oxidation sites excluding steroid dienone is 4. The standard InChI is InChI=1S/C44H33N3/c1-44(2)37-24-14-13-19-31(37)32-26-25-30(27-38(32)44)39-33-20-9-11-22-35(33)40(36-23-12-10-21-34(36)39)43-46-41(28-15-5-3-6-16-28)45-42(47-43)29-17-7-4-8-18-29/h3,5-7,9-27H,4,8H2,1-2H3. The zero-order valence-corrected chi connectivity index (χ0v) is 26.5. The summed E-state index contributed by atoms with van der Waals surface area (Å²) < 4.78 is 0. The van der Waals surface area contributed by atoms with E-state index in [2.05, 4.69) is 135 Å². The van der Waals surface area contributed by atoms with Crippen LogP contribution in [-0.4, -0.2) is 15.0 Å². The third-order valence-electron chi connectivity index (χ3n) is 9.95. The summed E-state index contributed by atoms with van der Waals surface area (Å²) in [4.78, 5) is 15.4. The van der Waals surface area contributed by atoms with Crippen molar-refractivity contribution < 1.29 is 0 Å². The van der Waals surface area contributed by atoms with Crippen LogP contribution in [0.15, 0.2) is 140 Å². The Balaban J connectivity index is 1.32. The number of rotatable bonds is 4. The number of hydrogen-bond donors (Lipinski definition) is 0. The summed E-state index contributed by atoms with van der Waals surface area (Å²) in [5.74, 6) is 2.09. The van der Waals surface area contributed by atoms with Gasteiger partial charge in [-0.05, 0) is 73.8 Å². The van der Waals surface area contributed by atoms with E-state index in [-0.39, 0.29) is 5.41 Å². The number of benzene rings is 6. The second-order valence-corrected chi connectivity index (χ2v) is 13.1. The second kappa shape index (κ2) is 10.7. The maximum absolute atomic E-state index is 5.20. The molecule has 0 fully saturated rings. The quantitative estimate of drug-likeness (QED) is 0.188. The van der Waals surface area contributed by atoms with E-state index < -0.39 is 0 Å². The molecule has 224 valence electrons. The molecule has 47 heavy (non-hydrogen) atoms. The van der Waals surface area contributed by atoms with Gasteiger partial charge in [-0.15, -0.1) is 0 Å². The lowest BCUT2D eigenvalue weighted by Gasteiger charge is -2.23. The summed E-state index contributed by atoms with van der Waals surface area (Å²) in [6.07, 6.45) is 8.61. The molecule has 0 unspecified atom stereocenters. The van der Waals surface area contributed by atoms with Crippen molar-refractivity contribution in [3.63, 3.8) is 0 Å². The van der Waals surface area contributed by atoms with Gasteiger partial charge in [0.2, 0.25) is 0 Å². The lowest BCUT2D eigenvalue weighted by molar-refractivity contribution is 0.660. The van der Waals surface area contributed by atoms with Gasteiger partial charge in [-0.25, -0.2) is 15.0 Å². The second-order valence-electron chi connectivity index (χ2n) is 13.1. The minimum Gasteiger partial charge on any atom is -0.208 e. The summed E-state index contributed by atoms with van der Waals surface area (Å²) in [7, 11) is 0. The van der Waals surface area contributed by atoms with E-state index >= 15 is 0 Å². The molecular formula is C44H33N3. The van der Waals surface area contributed by atoms with Crippen molar-refractivity contribution in [3.8, 4) is 45.0 Å². The van der Waals surface area contributed by atoms with Gasteiger partial charge in [0.1, 0.15) is 0 Å². The Labute approximate surface area is 275 Å². The Hall–Kier alpha value is -5.67. The van der Waals surface area contributed by atoms with Crippen molar-refractivity contribution in [1.82, 2.24) is 15.0 Å². The Morgan fingerprint density at radius 3 is 1.79 bits per heavy atom. The SMILES string of the molecule is CC1(C)c2ccccc2-c2ccc(-c3c4ccccc4c(-c4nc(C5=CCCC=C5)nc(-c5ccccc5)n4)c4ccccc34)cc21. The Morgan fingerprint density at radius 2 is 1.09 bits per heavy atom. The average Bonchev–Trinajstić information content (AvgIpc) is 3.36. The van der Waals surface area contributed by atoms with Gasteiger partial charge in [0.25, 0.3) is 0 Å². The van der Waals surface area contributed by atoms with Gasteiger partial charge in [0, 0.05) is 22.1 Å². The van der Waals surface area contributed by atoms with Crippen molar-refractivity contribution in [2.24, 2.45) is 0 Å². The van der Waals surface area contributed by atoms with Crippen molar-refractivity contribution in [3.05, 3.63) is 157 Å². The first-order valence-corrected chi connectivity index (χ1v) is 16.4. The molecule has 6 aromatic carbocycles. The minimum absolute atomic E-state index is 0.0785. The highest BCUT2D eigenvalue weighted by atomic mass is 15.0. The van der Waals surface area contributed by atoms with Crippen LogP contribution >= 0.6 is 0 Å². The summed E-state index contributed by atoms with van der Waals surface area (Å²) in [6.45, 7) is 4.70. The lowest BCUT2D eigenvalue weighted by atomic mass is 9.80. The average molecular weight is 604 g/mol. The van der Waals surface area contributed by atoms with Gasteiger partial charge in [-0.2, -0.15) is 0 Å². The Morgan fingerprint density at radius 1 is 0.489 bits per heavy atom. The minimum atomic E-state index is -0.0785. The summed E-state index contributed by atoms with van der Waals surface area (Å²) >= 11 is 0. The maximum atomic E-state index is 5.20. The van der Waals surface area contributed by atoms with E-state index in [9.17, 15) is 0 Å². The summed E-state index contributed by atoms with van der Waals surface area (Å²) in [5.41, 5.74) is 10.9.